The molecular formula is C14H26F2N2O. The van der Waals surface area contributed by atoms with Crippen LogP contribution in [0.25, 0.3) is 0 Å². The highest BCUT2D eigenvalue weighted by Gasteiger charge is 2.31. The molecule has 0 spiro atoms. The molecule has 0 unspecified atom stereocenters. The van der Waals surface area contributed by atoms with Gasteiger partial charge in [-0.15, -0.1) is 0 Å². The summed E-state index contributed by atoms with van der Waals surface area (Å²) in [5.41, 5.74) is -0.532. The fourth-order valence-corrected chi connectivity index (χ4v) is 3.34. The summed E-state index contributed by atoms with van der Waals surface area (Å²) >= 11 is 0. The van der Waals surface area contributed by atoms with Crippen molar-refractivity contribution >= 4 is 0 Å². The minimum Gasteiger partial charge on any atom is -0.389 e. The lowest BCUT2D eigenvalue weighted by atomic mass is 9.84. The number of aliphatic hydroxyl groups is 1. The molecule has 0 bridgehead atoms. The van der Waals surface area contributed by atoms with Gasteiger partial charge in [0, 0.05) is 19.6 Å². The summed E-state index contributed by atoms with van der Waals surface area (Å²) in [6.45, 7) is 3.77. The van der Waals surface area contributed by atoms with Crippen LogP contribution in [0.15, 0.2) is 0 Å². The van der Waals surface area contributed by atoms with Crippen LogP contribution in [0.2, 0.25) is 0 Å². The molecule has 0 atom stereocenters. The molecule has 1 saturated carbocycles. The number of alkyl halides is 2. The maximum atomic E-state index is 12.4. The Morgan fingerprint density at radius 2 is 1.53 bits per heavy atom. The van der Waals surface area contributed by atoms with E-state index in [2.05, 4.69) is 4.90 Å². The quantitative estimate of drug-likeness (QED) is 0.850. The third-order valence-corrected chi connectivity index (χ3v) is 4.38. The highest BCUT2D eigenvalue weighted by atomic mass is 19.3. The van der Waals surface area contributed by atoms with Crippen LogP contribution in [0.5, 0.6) is 0 Å². The zero-order valence-electron chi connectivity index (χ0n) is 11.7. The van der Waals surface area contributed by atoms with Crippen LogP contribution < -0.4 is 0 Å². The Hall–Kier alpha value is -0.260. The molecule has 0 aromatic heterocycles. The van der Waals surface area contributed by atoms with Crippen LogP contribution in [0.1, 0.15) is 38.5 Å². The second kappa shape index (κ2) is 6.95. The molecule has 1 aliphatic heterocycles. The molecule has 112 valence electrons. The maximum Gasteiger partial charge on any atom is 0.251 e. The Morgan fingerprint density at radius 1 is 0.895 bits per heavy atom. The number of hydrogen-bond acceptors (Lipinski definition) is 3. The number of rotatable bonds is 4. The summed E-state index contributed by atoms with van der Waals surface area (Å²) in [6.07, 6.45) is 3.92. The predicted molar refractivity (Wildman–Crippen MR) is 71.5 cm³/mol. The van der Waals surface area contributed by atoms with Gasteiger partial charge in [0.15, 0.2) is 0 Å². The second-order valence-electron chi connectivity index (χ2n) is 6.11. The zero-order valence-corrected chi connectivity index (χ0v) is 11.7. The molecule has 1 saturated heterocycles. The Balaban J connectivity index is 1.78. The van der Waals surface area contributed by atoms with Crippen molar-refractivity contribution < 1.29 is 13.9 Å². The fourth-order valence-electron chi connectivity index (χ4n) is 3.34. The number of halogens is 2. The lowest BCUT2D eigenvalue weighted by Gasteiger charge is -2.36. The lowest BCUT2D eigenvalue weighted by molar-refractivity contribution is -0.0256. The molecule has 0 aromatic rings. The summed E-state index contributed by atoms with van der Waals surface area (Å²) in [6, 6.07) is 0. The van der Waals surface area contributed by atoms with Crippen molar-refractivity contribution in [1.29, 1.82) is 0 Å². The van der Waals surface area contributed by atoms with Gasteiger partial charge in [0.05, 0.1) is 12.1 Å². The first-order chi connectivity index (χ1) is 9.07. The molecule has 19 heavy (non-hydrogen) atoms. The van der Waals surface area contributed by atoms with Crippen LogP contribution in [0.4, 0.5) is 8.78 Å². The van der Waals surface area contributed by atoms with Crippen molar-refractivity contribution in [3.05, 3.63) is 0 Å². The molecule has 0 aromatic carbocycles. The SMILES string of the molecule is OC1(CN2CCCN(CC(F)F)CC2)CCCCC1. The van der Waals surface area contributed by atoms with E-state index < -0.39 is 12.0 Å². The van der Waals surface area contributed by atoms with Crippen molar-refractivity contribution in [2.75, 3.05) is 39.3 Å². The Bertz CT molecular complexity index is 270. The molecule has 1 aliphatic carbocycles. The molecule has 1 heterocycles. The average Bonchev–Trinajstić information content (AvgIpc) is 2.55. The van der Waals surface area contributed by atoms with Crippen LogP contribution in [-0.2, 0) is 0 Å². The summed E-state index contributed by atoms with van der Waals surface area (Å²) in [4.78, 5) is 4.10. The highest BCUT2D eigenvalue weighted by Crippen LogP contribution is 2.29. The van der Waals surface area contributed by atoms with Gasteiger partial charge in [-0.1, -0.05) is 19.3 Å². The summed E-state index contributed by atoms with van der Waals surface area (Å²) in [7, 11) is 0. The van der Waals surface area contributed by atoms with Gasteiger partial charge in [0.2, 0.25) is 0 Å². The maximum absolute atomic E-state index is 12.4. The van der Waals surface area contributed by atoms with Gasteiger partial charge in [-0.25, -0.2) is 8.78 Å². The number of β-amino-alcohol motifs (C(OH)–C–C–N with tert-alkyl or cyclic N) is 1. The van der Waals surface area contributed by atoms with E-state index in [1.807, 2.05) is 4.90 Å². The van der Waals surface area contributed by atoms with E-state index in [4.69, 9.17) is 0 Å². The van der Waals surface area contributed by atoms with Gasteiger partial charge in [-0.3, -0.25) is 9.80 Å². The first kappa shape index (κ1) is 15.1. The summed E-state index contributed by atoms with van der Waals surface area (Å²) < 4.78 is 24.8. The molecule has 0 amide bonds. The molecule has 0 radical (unpaired) electrons. The molecule has 1 N–H and O–H groups in total. The third-order valence-electron chi connectivity index (χ3n) is 4.38. The Labute approximate surface area is 114 Å². The minimum atomic E-state index is -2.24. The van der Waals surface area contributed by atoms with E-state index in [0.717, 1.165) is 58.3 Å². The van der Waals surface area contributed by atoms with E-state index in [0.29, 0.717) is 6.54 Å². The third kappa shape index (κ3) is 4.97. The molecule has 3 nitrogen and oxygen atoms in total. The Kier molecular flexibility index (Phi) is 5.54. The van der Waals surface area contributed by atoms with E-state index in [1.54, 1.807) is 0 Å². The second-order valence-corrected chi connectivity index (χ2v) is 6.11. The monoisotopic (exact) mass is 276 g/mol. The standard InChI is InChI=1S/C14H26F2N2O/c15-13(16)11-17-7-4-8-18(10-9-17)12-14(19)5-2-1-3-6-14/h13,19H,1-12H2. The minimum absolute atomic E-state index is 0.113. The van der Waals surface area contributed by atoms with Gasteiger partial charge >= 0.3 is 0 Å². The van der Waals surface area contributed by atoms with Crippen molar-refractivity contribution in [3.63, 3.8) is 0 Å². The highest BCUT2D eigenvalue weighted by molar-refractivity contribution is 4.86. The van der Waals surface area contributed by atoms with Crippen molar-refractivity contribution in [2.45, 2.75) is 50.6 Å². The zero-order chi connectivity index (χ0) is 13.7. The Morgan fingerprint density at radius 3 is 2.21 bits per heavy atom. The summed E-state index contributed by atoms with van der Waals surface area (Å²) in [5, 5.41) is 10.6. The number of nitrogens with zero attached hydrogens (tertiary/aromatic N) is 2. The average molecular weight is 276 g/mol. The van der Waals surface area contributed by atoms with Gasteiger partial charge in [0.1, 0.15) is 0 Å². The van der Waals surface area contributed by atoms with Crippen LogP contribution in [0.3, 0.4) is 0 Å². The van der Waals surface area contributed by atoms with Crippen molar-refractivity contribution in [3.8, 4) is 0 Å². The first-order valence-electron chi connectivity index (χ1n) is 7.53. The molecule has 2 aliphatic rings. The van der Waals surface area contributed by atoms with Crippen LogP contribution in [0, 0.1) is 0 Å². The van der Waals surface area contributed by atoms with Gasteiger partial charge in [0.25, 0.3) is 6.43 Å². The topological polar surface area (TPSA) is 26.7 Å². The number of hydrogen-bond donors (Lipinski definition) is 1. The van der Waals surface area contributed by atoms with E-state index in [-0.39, 0.29) is 6.54 Å². The van der Waals surface area contributed by atoms with E-state index in [9.17, 15) is 13.9 Å². The lowest BCUT2D eigenvalue weighted by Crippen LogP contribution is -2.45. The normalized spacial score (nSPS) is 26.5. The molecule has 2 rings (SSSR count). The smallest absolute Gasteiger partial charge is 0.251 e. The molecule has 2 fully saturated rings. The molecular weight excluding hydrogens is 250 g/mol. The van der Waals surface area contributed by atoms with E-state index >= 15 is 0 Å². The predicted octanol–water partition coefficient (Wildman–Crippen LogP) is 1.95. The largest absolute Gasteiger partial charge is 0.389 e. The van der Waals surface area contributed by atoms with Gasteiger partial charge in [-0.2, -0.15) is 0 Å². The van der Waals surface area contributed by atoms with Crippen molar-refractivity contribution in [2.24, 2.45) is 0 Å². The van der Waals surface area contributed by atoms with Crippen LogP contribution in [-0.4, -0.2) is 66.2 Å². The molecule has 5 heteroatoms. The first-order valence-corrected chi connectivity index (χ1v) is 7.53. The van der Waals surface area contributed by atoms with E-state index in [1.165, 1.54) is 6.42 Å². The fraction of sp³-hybridized carbons (Fsp3) is 1.00. The van der Waals surface area contributed by atoms with Crippen LogP contribution >= 0.6 is 0 Å². The summed E-state index contributed by atoms with van der Waals surface area (Å²) in [5.74, 6) is 0. The van der Waals surface area contributed by atoms with Gasteiger partial charge < -0.3 is 5.11 Å². The van der Waals surface area contributed by atoms with Crippen molar-refractivity contribution in [1.82, 2.24) is 9.80 Å². The van der Waals surface area contributed by atoms with Gasteiger partial charge in [-0.05, 0) is 32.4 Å².